The molecular weight excluding hydrogens is 367 g/mol. The minimum atomic E-state index is -0.401. The van der Waals surface area contributed by atoms with E-state index >= 15 is 0 Å². The van der Waals surface area contributed by atoms with Gasteiger partial charge in [0.25, 0.3) is 5.91 Å². The van der Waals surface area contributed by atoms with Crippen molar-refractivity contribution in [1.82, 2.24) is 9.88 Å². The number of benzene rings is 1. The molecular formula is C19H26FN4O2S+. The van der Waals surface area contributed by atoms with Crippen molar-refractivity contribution in [3.05, 3.63) is 46.2 Å². The zero-order valence-corrected chi connectivity index (χ0v) is 17.0. The van der Waals surface area contributed by atoms with Crippen molar-refractivity contribution in [1.29, 1.82) is 0 Å². The number of halogens is 1. The first-order valence-corrected chi connectivity index (χ1v) is 9.65. The van der Waals surface area contributed by atoms with Crippen LogP contribution >= 0.6 is 11.3 Å². The van der Waals surface area contributed by atoms with E-state index in [2.05, 4.69) is 10.3 Å². The minimum absolute atomic E-state index is 0.0728. The summed E-state index contributed by atoms with van der Waals surface area (Å²) in [4.78, 5) is 33.3. The fraction of sp³-hybridized carbons (Fsp3) is 0.421. The Kier molecular flexibility index (Phi) is 7.44. The van der Waals surface area contributed by atoms with Gasteiger partial charge in [-0.05, 0) is 38.1 Å². The highest BCUT2D eigenvalue weighted by Gasteiger charge is 2.20. The summed E-state index contributed by atoms with van der Waals surface area (Å²) in [5.41, 5.74) is 1.24. The van der Waals surface area contributed by atoms with Crippen molar-refractivity contribution in [2.24, 2.45) is 0 Å². The maximum Gasteiger partial charge on any atom is 0.254 e. The number of thiazole rings is 1. The summed E-state index contributed by atoms with van der Waals surface area (Å²) in [5, 5.41) is 3.29. The van der Waals surface area contributed by atoms with Crippen LogP contribution in [0, 0.1) is 19.7 Å². The topological polar surface area (TPSA) is 66.7 Å². The number of carbonyl (C=O) groups excluding carboxylic acids is 2. The van der Waals surface area contributed by atoms with Gasteiger partial charge >= 0.3 is 0 Å². The highest BCUT2D eigenvalue weighted by molar-refractivity contribution is 7.15. The molecule has 6 nitrogen and oxygen atoms in total. The van der Waals surface area contributed by atoms with Crippen LogP contribution in [0.1, 0.15) is 27.3 Å². The Labute approximate surface area is 163 Å². The number of amides is 2. The van der Waals surface area contributed by atoms with Crippen molar-refractivity contribution >= 4 is 28.3 Å². The quantitative estimate of drug-likeness (QED) is 0.715. The molecule has 0 bridgehead atoms. The number of anilines is 1. The van der Waals surface area contributed by atoms with Crippen molar-refractivity contribution in [2.75, 3.05) is 39.0 Å². The number of quaternary nitrogens is 1. The lowest BCUT2D eigenvalue weighted by atomic mass is 10.2. The van der Waals surface area contributed by atoms with E-state index in [0.717, 1.165) is 23.5 Å². The van der Waals surface area contributed by atoms with E-state index in [0.29, 0.717) is 17.2 Å². The number of hydrogen-bond donors (Lipinski definition) is 2. The lowest BCUT2D eigenvalue weighted by Gasteiger charge is -2.22. The Hall–Kier alpha value is -2.32. The fourth-order valence-corrected chi connectivity index (χ4v) is 3.34. The van der Waals surface area contributed by atoms with Gasteiger partial charge in [0.1, 0.15) is 12.4 Å². The Bertz CT molecular complexity index is 770. The van der Waals surface area contributed by atoms with Crippen LogP contribution < -0.4 is 10.2 Å². The summed E-state index contributed by atoms with van der Waals surface area (Å²) < 4.78 is 13.1. The van der Waals surface area contributed by atoms with E-state index in [1.54, 1.807) is 0 Å². The van der Waals surface area contributed by atoms with Crippen LogP contribution in [-0.4, -0.2) is 55.4 Å². The Morgan fingerprint density at radius 1 is 1.22 bits per heavy atom. The molecule has 1 aromatic heterocycles. The zero-order chi connectivity index (χ0) is 20.0. The van der Waals surface area contributed by atoms with Gasteiger partial charge in [-0.25, -0.2) is 9.37 Å². The molecule has 2 aromatic rings. The number of nitrogens with zero attached hydrogens (tertiary/aromatic N) is 2. The molecule has 0 spiro atoms. The molecule has 1 heterocycles. The average molecular weight is 394 g/mol. The second kappa shape index (κ2) is 9.57. The molecule has 0 fully saturated rings. The second-order valence-electron chi connectivity index (χ2n) is 6.75. The van der Waals surface area contributed by atoms with Gasteiger partial charge < -0.3 is 15.1 Å². The van der Waals surface area contributed by atoms with Gasteiger partial charge in [-0.2, -0.15) is 0 Å². The Morgan fingerprint density at radius 2 is 1.89 bits per heavy atom. The molecule has 0 radical (unpaired) electrons. The molecule has 0 aliphatic heterocycles. The van der Waals surface area contributed by atoms with Crippen molar-refractivity contribution in [3.63, 3.8) is 0 Å². The van der Waals surface area contributed by atoms with Crippen LogP contribution in [0.3, 0.4) is 0 Å². The third kappa shape index (κ3) is 6.41. The smallest absolute Gasteiger partial charge is 0.254 e. The summed E-state index contributed by atoms with van der Waals surface area (Å²) in [6.45, 7) is 5.08. The Balaban J connectivity index is 2.07. The van der Waals surface area contributed by atoms with Gasteiger partial charge in [0.15, 0.2) is 5.13 Å². The van der Waals surface area contributed by atoms with E-state index in [9.17, 15) is 14.0 Å². The monoisotopic (exact) mass is 393 g/mol. The predicted molar refractivity (Wildman–Crippen MR) is 105 cm³/mol. The average Bonchev–Trinajstić information content (AvgIpc) is 2.91. The molecule has 27 heavy (non-hydrogen) atoms. The van der Waals surface area contributed by atoms with Crippen molar-refractivity contribution in [3.8, 4) is 0 Å². The number of carbonyl (C=O) groups is 2. The Morgan fingerprint density at radius 3 is 2.44 bits per heavy atom. The van der Waals surface area contributed by atoms with Gasteiger partial charge in [0, 0.05) is 23.4 Å². The fourth-order valence-electron chi connectivity index (χ4n) is 2.51. The number of rotatable bonds is 8. The molecule has 2 rings (SSSR count). The molecule has 1 aromatic carbocycles. The maximum absolute atomic E-state index is 13.1. The van der Waals surface area contributed by atoms with E-state index in [4.69, 9.17) is 0 Å². The van der Waals surface area contributed by atoms with Crippen LogP contribution in [0.4, 0.5) is 9.52 Å². The van der Waals surface area contributed by atoms with Gasteiger partial charge in [0.2, 0.25) is 5.91 Å². The summed E-state index contributed by atoms with van der Waals surface area (Å²) in [7, 11) is 4.07. The third-order valence-corrected chi connectivity index (χ3v) is 5.08. The van der Waals surface area contributed by atoms with Crippen LogP contribution in [0.5, 0.6) is 0 Å². The molecule has 0 saturated heterocycles. The highest BCUT2D eigenvalue weighted by Crippen LogP contribution is 2.21. The summed E-state index contributed by atoms with van der Waals surface area (Å²) in [5.74, 6) is -0.983. The van der Waals surface area contributed by atoms with E-state index in [1.165, 1.54) is 45.4 Å². The molecule has 2 N–H and O–H groups in total. The van der Waals surface area contributed by atoms with Crippen molar-refractivity contribution < 1.29 is 18.9 Å². The largest absolute Gasteiger partial charge is 0.340 e. The molecule has 2 amide bonds. The zero-order valence-electron chi connectivity index (χ0n) is 16.1. The molecule has 8 heteroatoms. The maximum atomic E-state index is 13.1. The van der Waals surface area contributed by atoms with E-state index < -0.39 is 5.82 Å². The van der Waals surface area contributed by atoms with Crippen LogP contribution in [0.2, 0.25) is 0 Å². The first-order chi connectivity index (χ1) is 12.8. The van der Waals surface area contributed by atoms with Gasteiger partial charge in [-0.1, -0.05) is 0 Å². The molecule has 0 aliphatic carbocycles. The van der Waals surface area contributed by atoms with E-state index in [-0.39, 0.29) is 18.4 Å². The van der Waals surface area contributed by atoms with Crippen LogP contribution in [0.15, 0.2) is 24.3 Å². The van der Waals surface area contributed by atoms with Gasteiger partial charge in [-0.15, -0.1) is 11.3 Å². The minimum Gasteiger partial charge on any atom is -0.340 e. The van der Waals surface area contributed by atoms with Crippen molar-refractivity contribution in [2.45, 2.75) is 20.3 Å². The number of nitrogens with one attached hydrogen (secondary N) is 2. The lowest BCUT2D eigenvalue weighted by Crippen LogP contribution is -3.05. The number of aromatic nitrogens is 1. The first-order valence-electron chi connectivity index (χ1n) is 8.84. The predicted octanol–water partition coefficient (Wildman–Crippen LogP) is 1.51. The van der Waals surface area contributed by atoms with Gasteiger partial charge in [-0.3, -0.25) is 9.59 Å². The summed E-state index contributed by atoms with van der Waals surface area (Å²) in [6, 6.07) is 5.37. The number of hydrogen-bond acceptors (Lipinski definition) is 4. The summed E-state index contributed by atoms with van der Waals surface area (Å²) >= 11 is 1.41. The standard InChI is InChI=1S/C19H25FN4O2S/c1-13-14(2)27-19(21-13)22-17(25)12-24(11-5-10-23(3)4)18(26)15-6-8-16(20)9-7-15/h6-9H,5,10-12H2,1-4H3,(H,21,22,25)/p+1. The van der Waals surface area contributed by atoms with Crippen LogP contribution in [0.25, 0.3) is 0 Å². The molecule has 0 unspecified atom stereocenters. The normalized spacial score (nSPS) is 10.9. The van der Waals surface area contributed by atoms with Crippen LogP contribution in [-0.2, 0) is 4.79 Å². The summed E-state index contributed by atoms with van der Waals surface area (Å²) in [6.07, 6.45) is 0.762. The van der Waals surface area contributed by atoms with E-state index in [1.807, 2.05) is 27.9 Å². The first kappa shape index (κ1) is 21.0. The lowest BCUT2D eigenvalue weighted by molar-refractivity contribution is -0.858. The molecule has 0 saturated carbocycles. The molecule has 0 aliphatic rings. The second-order valence-corrected chi connectivity index (χ2v) is 7.96. The van der Waals surface area contributed by atoms with Gasteiger partial charge in [0.05, 0.1) is 26.3 Å². The highest BCUT2D eigenvalue weighted by atomic mass is 32.1. The number of aryl methyl sites for hydroxylation is 2. The third-order valence-electron chi connectivity index (χ3n) is 4.09. The SMILES string of the molecule is Cc1nc(NC(=O)CN(CCC[NH+](C)C)C(=O)c2ccc(F)cc2)sc1C. The molecule has 146 valence electrons. The molecule has 0 atom stereocenters.